The second-order valence-corrected chi connectivity index (χ2v) is 7.96. The van der Waals surface area contributed by atoms with Crippen molar-refractivity contribution in [1.29, 1.82) is 0 Å². The molecule has 0 unspecified atom stereocenters. The lowest BCUT2D eigenvalue weighted by atomic mass is 9.54. The maximum Gasteiger partial charge on any atom is 0.0581 e. The van der Waals surface area contributed by atoms with Gasteiger partial charge in [-0.15, -0.1) is 0 Å². The van der Waals surface area contributed by atoms with Gasteiger partial charge in [0.15, 0.2) is 0 Å². The minimum Gasteiger partial charge on any atom is -0.363 e. The molecule has 0 amide bonds. The van der Waals surface area contributed by atoms with E-state index < -0.39 is 0 Å². The largest absolute Gasteiger partial charge is 0.363 e. The van der Waals surface area contributed by atoms with E-state index in [0.29, 0.717) is 5.54 Å². The zero-order valence-electron chi connectivity index (χ0n) is 11.5. The van der Waals surface area contributed by atoms with Gasteiger partial charge in [-0.2, -0.15) is 0 Å². The highest BCUT2D eigenvalue weighted by Crippen LogP contribution is 2.58. The molecule has 4 saturated carbocycles. The summed E-state index contributed by atoms with van der Waals surface area (Å²) in [4.78, 5) is 2.64. The smallest absolute Gasteiger partial charge is 0.0581 e. The highest BCUT2D eigenvalue weighted by atomic mass is 15.3. The lowest BCUT2D eigenvalue weighted by molar-refractivity contribution is 0.0681. The zero-order valence-corrected chi connectivity index (χ0v) is 11.5. The minimum absolute atomic E-state index is 0.358. The van der Waals surface area contributed by atoms with Gasteiger partial charge in [0.1, 0.15) is 0 Å². The Morgan fingerprint density at radius 3 is 1.82 bits per heavy atom. The SMILES string of the molecule is CC(C)(C)N1CC1=C1C2CC3CC(C2)CC1C3. The van der Waals surface area contributed by atoms with Crippen molar-refractivity contribution in [2.75, 3.05) is 6.54 Å². The highest BCUT2D eigenvalue weighted by Gasteiger charge is 2.49. The van der Waals surface area contributed by atoms with Crippen LogP contribution in [0.1, 0.15) is 52.9 Å². The van der Waals surface area contributed by atoms with E-state index in [0.717, 1.165) is 23.7 Å². The first-order chi connectivity index (χ1) is 8.02. The summed E-state index contributed by atoms with van der Waals surface area (Å²) in [5, 5.41) is 0. The maximum absolute atomic E-state index is 2.64. The van der Waals surface area contributed by atoms with Crippen LogP contribution < -0.4 is 0 Å². The van der Waals surface area contributed by atoms with Crippen molar-refractivity contribution in [3.63, 3.8) is 0 Å². The van der Waals surface area contributed by atoms with Crippen molar-refractivity contribution in [1.82, 2.24) is 4.90 Å². The second-order valence-electron chi connectivity index (χ2n) is 7.96. The van der Waals surface area contributed by atoms with Gasteiger partial charge in [0.2, 0.25) is 0 Å². The van der Waals surface area contributed by atoms with Crippen LogP contribution in [0.25, 0.3) is 0 Å². The molecule has 0 spiro atoms. The first kappa shape index (κ1) is 10.5. The molecule has 5 fully saturated rings. The lowest BCUT2D eigenvalue weighted by Crippen LogP contribution is -2.40. The number of hydrogen-bond acceptors (Lipinski definition) is 1. The maximum atomic E-state index is 2.64. The molecule has 17 heavy (non-hydrogen) atoms. The number of allylic oxidation sites excluding steroid dienone is 1. The molecule has 0 aromatic heterocycles. The minimum atomic E-state index is 0.358. The summed E-state index contributed by atoms with van der Waals surface area (Å²) in [6.45, 7) is 8.35. The van der Waals surface area contributed by atoms with Gasteiger partial charge in [-0.1, -0.05) is 0 Å². The fourth-order valence-corrected chi connectivity index (χ4v) is 5.17. The van der Waals surface area contributed by atoms with E-state index in [1.54, 1.807) is 12.1 Å². The summed E-state index contributed by atoms with van der Waals surface area (Å²) in [5.41, 5.74) is 4.04. The molecule has 0 atom stereocenters. The predicted molar refractivity (Wildman–Crippen MR) is 70.5 cm³/mol. The monoisotopic (exact) mass is 231 g/mol. The van der Waals surface area contributed by atoms with Crippen molar-refractivity contribution in [3.8, 4) is 0 Å². The summed E-state index contributed by atoms with van der Waals surface area (Å²) in [6.07, 6.45) is 7.69. The summed E-state index contributed by atoms with van der Waals surface area (Å²) >= 11 is 0. The Bertz CT molecular complexity index is 355. The van der Waals surface area contributed by atoms with E-state index in [2.05, 4.69) is 25.7 Å². The first-order valence-electron chi connectivity index (χ1n) is 7.53. The van der Waals surface area contributed by atoms with E-state index in [-0.39, 0.29) is 0 Å². The van der Waals surface area contributed by atoms with Crippen LogP contribution in [-0.2, 0) is 0 Å². The quantitative estimate of drug-likeness (QED) is 0.573. The highest BCUT2D eigenvalue weighted by molar-refractivity contribution is 5.35. The third-order valence-electron chi connectivity index (χ3n) is 5.69. The van der Waals surface area contributed by atoms with Crippen LogP contribution in [0, 0.1) is 23.7 Å². The van der Waals surface area contributed by atoms with Gasteiger partial charge in [0.25, 0.3) is 0 Å². The van der Waals surface area contributed by atoms with Crippen LogP contribution >= 0.6 is 0 Å². The molecule has 1 nitrogen and oxygen atoms in total. The molecule has 0 radical (unpaired) electrons. The van der Waals surface area contributed by atoms with Crippen LogP contribution in [-0.4, -0.2) is 17.0 Å². The van der Waals surface area contributed by atoms with E-state index in [1.807, 2.05) is 5.57 Å². The summed E-state index contributed by atoms with van der Waals surface area (Å²) in [7, 11) is 0. The molecular weight excluding hydrogens is 206 g/mol. The Balaban J connectivity index is 1.66. The van der Waals surface area contributed by atoms with Crippen LogP contribution in [0.15, 0.2) is 11.3 Å². The standard InChI is InChI=1S/C16H25N/c1-16(2,3)17-9-14(17)15-12-5-10-4-11(7-12)8-13(15)6-10/h10-13H,4-9H2,1-3H3. The lowest BCUT2D eigenvalue weighted by Gasteiger charge is -2.51. The fourth-order valence-electron chi connectivity index (χ4n) is 5.17. The molecule has 0 aromatic carbocycles. The summed E-state index contributed by atoms with van der Waals surface area (Å²) < 4.78 is 0. The fraction of sp³-hybridized carbons (Fsp3) is 0.875. The Morgan fingerprint density at radius 2 is 1.41 bits per heavy atom. The normalized spacial score (nSPS) is 43.6. The zero-order chi connectivity index (χ0) is 11.8. The van der Waals surface area contributed by atoms with Crippen molar-refractivity contribution in [2.24, 2.45) is 23.7 Å². The van der Waals surface area contributed by atoms with Gasteiger partial charge < -0.3 is 4.90 Å². The molecule has 0 N–H and O–H groups in total. The topological polar surface area (TPSA) is 3.01 Å². The Hall–Kier alpha value is -0.460. The van der Waals surface area contributed by atoms with Crippen LogP contribution in [0.5, 0.6) is 0 Å². The van der Waals surface area contributed by atoms with Crippen LogP contribution in [0.2, 0.25) is 0 Å². The molecule has 1 heteroatoms. The molecule has 1 aliphatic heterocycles. The summed E-state index contributed by atoms with van der Waals surface area (Å²) in [5.74, 6) is 4.19. The third-order valence-corrected chi connectivity index (χ3v) is 5.69. The molecule has 4 bridgehead atoms. The van der Waals surface area contributed by atoms with Gasteiger partial charge in [-0.05, 0) is 82.1 Å². The molecule has 4 aliphatic carbocycles. The Kier molecular flexibility index (Phi) is 1.91. The molecule has 94 valence electrons. The first-order valence-corrected chi connectivity index (χ1v) is 7.53. The second kappa shape index (κ2) is 3.10. The van der Waals surface area contributed by atoms with Crippen molar-refractivity contribution in [3.05, 3.63) is 11.3 Å². The van der Waals surface area contributed by atoms with Gasteiger partial charge in [-0.25, -0.2) is 0 Å². The Labute approximate surface area is 105 Å². The van der Waals surface area contributed by atoms with E-state index in [9.17, 15) is 0 Å². The van der Waals surface area contributed by atoms with Crippen molar-refractivity contribution < 1.29 is 0 Å². The molecule has 0 aromatic rings. The summed E-state index contributed by atoms with van der Waals surface area (Å²) in [6, 6.07) is 0. The average molecular weight is 231 g/mol. The number of rotatable bonds is 0. The van der Waals surface area contributed by atoms with E-state index in [1.165, 1.54) is 32.2 Å². The molecule has 1 heterocycles. The van der Waals surface area contributed by atoms with Crippen LogP contribution in [0.3, 0.4) is 0 Å². The van der Waals surface area contributed by atoms with E-state index in [4.69, 9.17) is 0 Å². The van der Waals surface area contributed by atoms with Gasteiger partial charge >= 0.3 is 0 Å². The predicted octanol–water partition coefficient (Wildman–Crippen LogP) is 3.81. The van der Waals surface area contributed by atoms with E-state index >= 15 is 0 Å². The number of nitrogens with zero attached hydrogens (tertiary/aromatic N) is 1. The van der Waals surface area contributed by atoms with Gasteiger partial charge in [0, 0.05) is 11.2 Å². The molecule has 5 aliphatic rings. The molecular formula is C16H25N. The Morgan fingerprint density at radius 1 is 0.882 bits per heavy atom. The van der Waals surface area contributed by atoms with Crippen molar-refractivity contribution in [2.45, 2.75) is 58.4 Å². The van der Waals surface area contributed by atoms with Gasteiger partial charge in [0.05, 0.1) is 6.54 Å². The molecule has 5 rings (SSSR count). The average Bonchev–Trinajstić information content (AvgIpc) is 2.94. The number of hydrogen-bond donors (Lipinski definition) is 0. The van der Waals surface area contributed by atoms with Crippen LogP contribution in [0.4, 0.5) is 0 Å². The van der Waals surface area contributed by atoms with Crippen molar-refractivity contribution >= 4 is 0 Å². The van der Waals surface area contributed by atoms with Gasteiger partial charge in [-0.3, -0.25) is 0 Å². The third kappa shape index (κ3) is 1.50. The molecule has 1 saturated heterocycles.